The highest BCUT2D eigenvalue weighted by atomic mass is 32.2. The minimum absolute atomic E-state index is 0.147. The number of benzene rings is 2. The van der Waals surface area contributed by atoms with E-state index in [2.05, 4.69) is 4.72 Å². The van der Waals surface area contributed by atoms with Gasteiger partial charge in [0, 0.05) is 12.2 Å². The lowest BCUT2D eigenvalue weighted by molar-refractivity contribution is 0.598. The van der Waals surface area contributed by atoms with Crippen LogP contribution in [0.25, 0.3) is 0 Å². The smallest absolute Gasteiger partial charge is 0.262 e. The van der Waals surface area contributed by atoms with E-state index in [0.29, 0.717) is 29.9 Å². The average molecular weight is 380 g/mol. The van der Waals surface area contributed by atoms with Crippen molar-refractivity contribution in [3.63, 3.8) is 0 Å². The third-order valence-corrected chi connectivity index (χ3v) is 7.53. The van der Waals surface area contributed by atoms with Crippen molar-refractivity contribution in [2.75, 3.05) is 21.3 Å². The molecule has 1 saturated heterocycles. The number of nitrogens with one attached hydrogen (secondary N) is 1. The molecule has 3 rings (SSSR count). The fraction of sp³-hybridized carbons (Fsp3) is 0.294. The summed E-state index contributed by atoms with van der Waals surface area (Å²) < 4.78 is 53.0. The Bertz CT molecular complexity index is 997. The zero-order chi connectivity index (χ0) is 18.2. The normalized spacial score (nSPS) is 16.8. The van der Waals surface area contributed by atoms with Crippen LogP contribution in [0.2, 0.25) is 0 Å². The summed E-state index contributed by atoms with van der Waals surface area (Å²) in [4.78, 5) is 0.235. The van der Waals surface area contributed by atoms with Gasteiger partial charge in [-0.2, -0.15) is 0 Å². The van der Waals surface area contributed by atoms with Gasteiger partial charge in [0.15, 0.2) is 0 Å². The van der Waals surface area contributed by atoms with Gasteiger partial charge >= 0.3 is 0 Å². The lowest BCUT2D eigenvalue weighted by atomic mass is 10.2. The highest BCUT2D eigenvalue weighted by molar-refractivity contribution is 7.93. The van der Waals surface area contributed by atoms with Crippen molar-refractivity contribution in [1.29, 1.82) is 0 Å². The van der Waals surface area contributed by atoms with Crippen LogP contribution < -0.4 is 9.03 Å². The number of hydrogen-bond donors (Lipinski definition) is 1. The van der Waals surface area contributed by atoms with Crippen LogP contribution in [0.3, 0.4) is 0 Å². The molecule has 1 heterocycles. The zero-order valence-electron chi connectivity index (χ0n) is 14.1. The fourth-order valence-corrected chi connectivity index (χ4v) is 5.79. The molecule has 0 radical (unpaired) electrons. The van der Waals surface area contributed by atoms with Crippen LogP contribution in [0.1, 0.15) is 17.5 Å². The van der Waals surface area contributed by atoms with E-state index in [1.54, 1.807) is 43.3 Å². The Kier molecular flexibility index (Phi) is 4.51. The quantitative estimate of drug-likeness (QED) is 0.884. The third-order valence-electron chi connectivity index (χ3n) is 4.14. The van der Waals surface area contributed by atoms with E-state index < -0.39 is 20.0 Å². The summed E-state index contributed by atoms with van der Waals surface area (Å²) in [6, 6.07) is 11.6. The molecule has 0 spiro atoms. The van der Waals surface area contributed by atoms with Gasteiger partial charge in [-0.25, -0.2) is 16.8 Å². The van der Waals surface area contributed by atoms with Crippen molar-refractivity contribution in [3.05, 3.63) is 53.6 Å². The van der Waals surface area contributed by atoms with Crippen LogP contribution in [0.4, 0.5) is 11.4 Å². The number of aryl methyl sites for hydroxylation is 2. The summed E-state index contributed by atoms with van der Waals surface area (Å²) >= 11 is 0. The zero-order valence-corrected chi connectivity index (χ0v) is 15.7. The number of rotatable bonds is 4. The molecule has 0 saturated carbocycles. The minimum Gasteiger partial charge on any atom is -0.280 e. The van der Waals surface area contributed by atoms with Crippen LogP contribution in [0.5, 0.6) is 0 Å². The van der Waals surface area contributed by atoms with Gasteiger partial charge in [-0.1, -0.05) is 12.1 Å². The highest BCUT2D eigenvalue weighted by Crippen LogP contribution is 2.26. The monoisotopic (exact) mass is 380 g/mol. The molecule has 8 heteroatoms. The maximum atomic E-state index is 12.6. The van der Waals surface area contributed by atoms with E-state index in [4.69, 9.17) is 0 Å². The molecule has 0 aliphatic carbocycles. The number of anilines is 2. The Hall–Kier alpha value is -2.06. The molecule has 1 fully saturated rings. The van der Waals surface area contributed by atoms with Gasteiger partial charge in [-0.15, -0.1) is 0 Å². The van der Waals surface area contributed by atoms with Crippen LogP contribution >= 0.6 is 0 Å². The molecule has 2 aromatic rings. The Morgan fingerprint density at radius 3 is 2.32 bits per heavy atom. The predicted octanol–water partition coefficient (Wildman–Crippen LogP) is 2.64. The third kappa shape index (κ3) is 3.64. The molecule has 0 atom stereocenters. The van der Waals surface area contributed by atoms with E-state index in [9.17, 15) is 16.8 Å². The second-order valence-electron chi connectivity index (χ2n) is 6.16. The summed E-state index contributed by atoms with van der Waals surface area (Å²) in [5, 5.41) is 0. The molecule has 0 unspecified atom stereocenters. The van der Waals surface area contributed by atoms with Gasteiger partial charge < -0.3 is 0 Å². The maximum absolute atomic E-state index is 12.6. The summed E-state index contributed by atoms with van der Waals surface area (Å²) in [5.74, 6) is 0.147. The van der Waals surface area contributed by atoms with Crippen molar-refractivity contribution in [1.82, 2.24) is 0 Å². The standard InChI is InChI=1S/C17H20N2O4S2/c1-13-4-5-14(2)17(12-13)25(22,23)18-15-6-8-16(9-7-15)19-10-3-11-24(19,20)21/h4-9,12,18H,3,10-11H2,1-2H3. The second-order valence-corrected chi connectivity index (χ2v) is 9.83. The Labute approximate surface area is 148 Å². The highest BCUT2D eigenvalue weighted by Gasteiger charge is 2.28. The number of sulfonamides is 2. The molecule has 1 aliphatic heterocycles. The van der Waals surface area contributed by atoms with Gasteiger partial charge in [0.1, 0.15) is 0 Å². The Balaban J connectivity index is 1.85. The summed E-state index contributed by atoms with van der Waals surface area (Å²) in [5.41, 5.74) is 2.46. The van der Waals surface area contributed by atoms with E-state index in [-0.39, 0.29) is 10.6 Å². The predicted molar refractivity (Wildman–Crippen MR) is 98.9 cm³/mol. The van der Waals surface area contributed by atoms with E-state index >= 15 is 0 Å². The lowest BCUT2D eigenvalue weighted by Crippen LogP contribution is -2.25. The molecular formula is C17H20N2O4S2. The van der Waals surface area contributed by atoms with Crippen LogP contribution in [0.15, 0.2) is 47.4 Å². The number of nitrogens with zero attached hydrogens (tertiary/aromatic N) is 1. The largest absolute Gasteiger partial charge is 0.280 e. The Morgan fingerprint density at radius 2 is 1.72 bits per heavy atom. The van der Waals surface area contributed by atoms with Gasteiger partial charge in [0.2, 0.25) is 10.0 Å². The van der Waals surface area contributed by atoms with Gasteiger partial charge in [-0.3, -0.25) is 9.03 Å². The van der Waals surface area contributed by atoms with Crippen LogP contribution in [-0.2, 0) is 20.0 Å². The van der Waals surface area contributed by atoms with Crippen molar-refractivity contribution >= 4 is 31.4 Å². The minimum atomic E-state index is -3.70. The number of hydrogen-bond acceptors (Lipinski definition) is 4. The summed E-state index contributed by atoms with van der Waals surface area (Å²) in [7, 11) is -6.95. The summed E-state index contributed by atoms with van der Waals surface area (Å²) in [6.07, 6.45) is 0.601. The first-order valence-electron chi connectivity index (χ1n) is 7.90. The first kappa shape index (κ1) is 17.8. The molecule has 6 nitrogen and oxygen atoms in total. The van der Waals surface area contributed by atoms with E-state index in [1.165, 1.54) is 4.31 Å². The first-order chi connectivity index (χ1) is 11.7. The molecule has 134 valence electrons. The second kappa shape index (κ2) is 6.34. The lowest BCUT2D eigenvalue weighted by Gasteiger charge is -2.17. The van der Waals surface area contributed by atoms with Crippen molar-refractivity contribution in [2.45, 2.75) is 25.2 Å². The van der Waals surface area contributed by atoms with E-state index in [0.717, 1.165) is 5.56 Å². The first-order valence-corrected chi connectivity index (χ1v) is 11.0. The van der Waals surface area contributed by atoms with Gasteiger partial charge in [-0.05, 0) is 61.7 Å². The Morgan fingerprint density at radius 1 is 1.04 bits per heavy atom. The van der Waals surface area contributed by atoms with E-state index in [1.807, 2.05) is 13.0 Å². The SMILES string of the molecule is Cc1ccc(C)c(S(=O)(=O)Nc2ccc(N3CCCS3(=O)=O)cc2)c1. The fourth-order valence-electron chi connectivity index (χ4n) is 2.83. The van der Waals surface area contributed by atoms with Crippen LogP contribution in [0, 0.1) is 13.8 Å². The summed E-state index contributed by atoms with van der Waals surface area (Å²) in [6.45, 7) is 4.04. The van der Waals surface area contributed by atoms with Gasteiger partial charge in [0.05, 0.1) is 16.3 Å². The molecule has 1 aliphatic rings. The van der Waals surface area contributed by atoms with Crippen molar-refractivity contribution < 1.29 is 16.8 Å². The molecule has 0 aromatic heterocycles. The maximum Gasteiger partial charge on any atom is 0.262 e. The van der Waals surface area contributed by atoms with Gasteiger partial charge in [0.25, 0.3) is 10.0 Å². The molecular weight excluding hydrogens is 360 g/mol. The molecule has 25 heavy (non-hydrogen) atoms. The van der Waals surface area contributed by atoms with Crippen LogP contribution in [-0.4, -0.2) is 29.1 Å². The molecule has 0 amide bonds. The molecule has 0 bridgehead atoms. The molecule has 1 N–H and O–H groups in total. The van der Waals surface area contributed by atoms with Crippen molar-refractivity contribution in [3.8, 4) is 0 Å². The topological polar surface area (TPSA) is 83.6 Å². The average Bonchev–Trinajstić information content (AvgIpc) is 2.89. The molecule has 2 aromatic carbocycles. The van der Waals surface area contributed by atoms with Crippen molar-refractivity contribution in [2.24, 2.45) is 0 Å².